The predicted octanol–water partition coefficient (Wildman–Crippen LogP) is 2.25. The highest BCUT2D eigenvalue weighted by Crippen LogP contribution is 2.21. The van der Waals surface area contributed by atoms with Crippen molar-refractivity contribution in [2.24, 2.45) is 0 Å². The molecule has 0 atom stereocenters. The molecule has 0 saturated carbocycles. The molecule has 0 amide bonds. The number of ketones is 1. The summed E-state index contributed by atoms with van der Waals surface area (Å²) in [5, 5.41) is 7.88. The maximum Gasteiger partial charge on any atom is 0.272 e. The molecule has 0 aliphatic heterocycles. The van der Waals surface area contributed by atoms with Crippen LogP contribution < -0.4 is 5.56 Å². The molecule has 0 fully saturated rings. The summed E-state index contributed by atoms with van der Waals surface area (Å²) >= 11 is 0. The Labute approximate surface area is 98.7 Å². The maximum atomic E-state index is 11.6. The molecule has 2 aromatic rings. The maximum absolute atomic E-state index is 11.6. The number of rotatable bonds is 2. The smallest absolute Gasteiger partial charge is 0.272 e. The highest BCUT2D eigenvalue weighted by molar-refractivity contribution is 5.98. The lowest BCUT2D eigenvalue weighted by Gasteiger charge is -2.08. The second kappa shape index (κ2) is 4.13. The molecule has 0 aliphatic rings. The fourth-order valence-corrected chi connectivity index (χ4v) is 1.84. The lowest BCUT2D eigenvalue weighted by molar-refractivity contribution is 0.101. The first kappa shape index (κ1) is 11.5. The number of carbonyl (C=O) groups excluding carboxylic acids is 1. The average molecular weight is 230 g/mol. The predicted molar refractivity (Wildman–Crippen MR) is 66.5 cm³/mol. The van der Waals surface area contributed by atoms with Gasteiger partial charge in [-0.25, -0.2) is 5.10 Å². The van der Waals surface area contributed by atoms with E-state index >= 15 is 0 Å². The van der Waals surface area contributed by atoms with Crippen LogP contribution in [0.3, 0.4) is 0 Å². The second-order valence-electron chi connectivity index (χ2n) is 4.41. The second-order valence-corrected chi connectivity index (χ2v) is 4.41. The van der Waals surface area contributed by atoms with E-state index in [4.69, 9.17) is 0 Å². The summed E-state index contributed by atoms with van der Waals surface area (Å²) < 4.78 is 0. The summed E-state index contributed by atoms with van der Waals surface area (Å²) in [6, 6.07) is 5.09. The quantitative estimate of drug-likeness (QED) is 0.805. The van der Waals surface area contributed by atoms with Crippen LogP contribution in [0.15, 0.2) is 23.0 Å². The number of nitrogens with zero attached hydrogens (tertiary/aromatic N) is 1. The zero-order chi connectivity index (χ0) is 12.6. The fourth-order valence-electron chi connectivity index (χ4n) is 1.84. The molecule has 4 heteroatoms. The van der Waals surface area contributed by atoms with Crippen molar-refractivity contribution in [3.63, 3.8) is 0 Å². The molecular formula is C13H14N2O2. The topological polar surface area (TPSA) is 62.8 Å². The van der Waals surface area contributed by atoms with Gasteiger partial charge in [-0.3, -0.25) is 9.59 Å². The van der Waals surface area contributed by atoms with E-state index in [1.54, 1.807) is 18.2 Å². The molecule has 0 radical (unpaired) electrons. The Bertz CT molecular complexity index is 641. The van der Waals surface area contributed by atoms with Crippen LogP contribution in [-0.4, -0.2) is 16.0 Å². The Hall–Kier alpha value is -1.97. The fraction of sp³-hybridized carbons (Fsp3) is 0.308. The first-order chi connectivity index (χ1) is 8.00. The molecule has 0 aliphatic carbocycles. The number of hydrogen-bond acceptors (Lipinski definition) is 3. The van der Waals surface area contributed by atoms with Crippen LogP contribution in [-0.2, 0) is 0 Å². The van der Waals surface area contributed by atoms with Gasteiger partial charge in [-0.15, -0.1) is 0 Å². The van der Waals surface area contributed by atoms with Gasteiger partial charge in [-0.1, -0.05) is 19.9 Å². The van der Waals surface area contributed by atoms with E-state index in [1.807, 2.05) is 13.8 Å². The van der Waals surface area contributed by atoms with Crippen molar-refractivity contribution >= 4 is 16.6 Å². The van der Waals surface area contributed by atoms with Crippen LogP contribution in [0.2, 0.25) is 0 Å². The first-order valence-electron chi connectivity index (χ1n) is 5.54. The molecule has 1 heterocycles. The number of nitrogens with one attached hydrogen (secondary N) is 1. The molecule has 1 aromatic carbocycles. The number of carbonyl (C=O) groups is 1. The number of Topliss-reactive ketones (excluding diaryl/α,β-unsaturated/α-hetero) is 1. The molecule has 0 bridgehead atoms. The number of hydrogen-bond donors (Lipinski definition) is 1. The van der Waals surface area contributed by atoms with Crippen LogP contribution in [0.4, 0.5) is 0 Å². The summed E-state index contributed by atoms with van der Waals surface area (Å²) in [6.45, 7) is 5.51. The molecule has 0 spiro atoms. The number of aromatic amines is 1. The van der Waals surface area contributed by atoms with Crippen LogP contribution in [0.1, 0.15) is 42.7 Å². The van der Waals surface area contributed by atoms with Crippen molar-refractivity contribution in [1.82, 2.24) is 10.2 Å². The minimum absolute atomic E-state index is 0.0121. The van der Waals surface area contributed by atoms with Gasteiger partial charge in [-0.05, 0) is 25.0 Å². The SMILES string of the molecule is CC(=O)c1ccc2c(=O)[nH]nc(C(C)C)c2c1. The van der Waals surface area contributed by atoms with Crippen molar-refractivity contribution in [2.75, 3.05) is 0 Å². The molecule has 1 N–H and O–H groups in total. The summed E-state index contributed by atoms with van der Waals surface area (Å²) in [5.74, 6) is 0.179. The number of aromatic nitrogens is 2. The zero-order valence-corrected chi connectivity index (χ0v) is 10.1. The van der Waals surface area contributed by atoms with E-state index in [1.165, 1.54) is 6.92 Å². The van der Waals surface area contributed by atoms with E-state index in [0.717, 1.165) is 11.1 Å². The van der Waals surface area contributed by atoms with Crippen LogP contribution in [0.25, 0.3) is 10.8 Å². The van der Waals surface area contributed by atoms with Crippen molar-refractivity contribution in [2.45, 2.75) is 26.7 Å². The molecule has 0 unspecified atom stereocenters. The summed E-state index contributed by atoms with van der Waals surface area (Å²) in [7, 11) is 0. The minimum Gasteiger partial charge on any atom is -0.295 e. The normalized spacial score (nSPS) is 11.1. The third-order valence-electron chi connectivity index (χ3n) is 2.77. The Balaban J connectivity index is 2.85. The van der Waals surface area contributed by atoms with Gasteiger partial charge in [0.2, 0.25) is 0 Å². The molecule has 4 nitrogen and oxygen atoms in total. The zero-order valence-electron chi connectivity index (χ0n) is 10.1. The van der Waals surface area contributed by atoms with Crippen LogP contribution in [0, 0.1) is 0 Å². The van der Waals surface area contributed by atoms with Gasteiger partial charge in [0.25, 0.3) is 5.56 Å². The largest absolute Gasteiger partial charge is 0.295 e. The molecule has 0 saturated heterocycles. The Morgan fingerprint density at radius 2 is 2.00 bits per heavy atom. The third kappa shape index (κ3) is 1.98. The number of H-pyrrole nitrogens is 1. The van der Waals surface area contributed by atoms with Gasteiger partial charge in [0.05, 0.1) is 11.1 Å². The van der Waals surface area contributed by atoms with E-state index in [9.17, 15) is 9.59 Å². The Kier molecular flexibility index (Phi) is 2.79. The van der Waals surface area contributed by atoms with Gasteiger partial charge in [0.1, 0.15) is 0 Å². The van der Waals surface area contributed by atoms with Gasteiger partial charge in [-0.2, -0.15) is 5.10 Å². The molecule has 1 aromatic heterocycles. The summed E-state index contributed by atoms with van der Waals surface area (Å²) in [4.78, 5) is 23.0. The minimum atomic E-state index is -0.223. The van der Waals surface area contributed by atoms with Gasteiger partial charge in [0.15, 0.2) is 5.78 Å². The lowest BCUT2D eigenvalue weighted by Crippen LogP contribution is -2.12. The van der Waals surface area contributed by atoms with E-state index in [-0.39, 0.29) is 17.3 Å². The average Bonchev–Trinajstić information content (AvgIpc) is 2.28. The molecule has 17 heavy (non-hydrogen) atoms. The molecule has 88 valence electrons. The van der Waals surface area contributed by atoms with Crippen molar-refractivity contribution in [1.29, 1.82) is 0 Å². The van der Waals surface area contributed by atoms with Gasteiger partial charge in [0, 0.05) is 10.9 Å². The number of fused-ring (bicyclic) bond motifs is 1. The van der Waals surface area contributed by atoms with Crippen LogP contribution >= 0.6 is 0 Å². The highest BCUT2D eigenvalue weighted by atomic mass is 16.1. The van der Waals surface area contributed by atoms with Crippen molar-refractivity contribution < 1.29 is 4.79 Å². The van der Waals surface area contributed by atoms with E-state index in [2.05, 4.69) is 10.2 Å². The Morgan fingerprint density at radius 3 is 2.59 bits per heavy atom. The first-order valence-corrected chi connectivity index (χ1v) is 5.54. The summed E-state index contributed by atoms with van der Waals surface area (Å²) in [6.07, 6.45) is 0. The van der Waals surface area contributed by atoms with Gasteiger partial charge >= 0.3 is 0 Å². The highest BCUT2D eigenvalue weighted by Gasteiger charge is 2.11. The number of benzene rings is 1. The third-order valence-corrected chi connectivity index (χ3v) is 2.77. The molecular weight excluding hydrogens is 216 g/mol. The van der Waals surface area contributed by atoms with E-state index < -0.39 is 0 Å². The van der Waals surface area contributed by atoms with E-state index in [0.29, 0.717) is 10.9 Å². The van der Waals surface area contributed by atoms with Gasteiger partial charge < -0.3 is 0 Å². The lowest BCUT2D eigenvalue weighted by atomic mass is 10.0. The standard InChI is InChI=1S/C13H14N2O2/c1-7(2)12-11-6-9(8(3)16)4-5-10(11)13(17)15-14-12/h4-7H,1-3H3,(H,15,17). The van der Waals surface area contributed by atoms with Crippen molar-refractivity contribution in [3.05, 3.63) is 39.8 Å². The monoisotopic (exact) mass is 230 g/mol. The van der Waals surface area contributed by atoms with Crippen molar-refractivity contribution in [3.8, 4) is 0 Å². The molecule has 2 rings (SSSR count). The van der Waals surface area contributed by atoms with Crippen LogP contribution in [0.5, 0.6) is 0 Å². The summed E-state index contributed by atoms with van der Waals surface area (Å²) in [5.41, 5.74) is 1.19. The Morgan fingerprint density at radius 1 is 1.29 bits per heavy atom.